The molecule has 0 aromatic carbocycles. The van der Waals surface area contributed by atoms with Crippen LogP contribution in [0.4, 0.5) is 0 Å². The number of rotatable bonds is 6. The minimum Gasteiger partial charge on any atom is -0.381 e. The van der Waals surface area contributed by atoms with Gasteiger partial charge in [0.05, 0.1) is 6.10 Å². The van der Waals surface area contributed by atoms with E-state index in [0.717, 1.165) is 37.5 Å². The number of carbonyl (C=O) groups is 1. The van der Waals surface area contributed by atoms with Crippen molar-refractivity contribution in [2.24, 2.45) is 23.2 Å². The molecule has 0 N–H and O–H groups in total. The van der Waals surface area contributed by atoms with Crippen LogP contribution in [0.1, 0.15) is 78.1 Å². The summed E-state index contributed by atoms with van der Waals surface area (Å²) in [5, 5.41) is 0. The molecule has 2 fully saturated rings. The molecule has 4 unspecified atom stereocenters. The topological polar surface area (TPSA) is 26.3 Å². The smallest absolute Gasteiger partial charge is 0.139 e. The van der Waals surface area contributed by atoms with Crippen LogP contribution in [0, 0.1) is 23.2 Å². The van der Waals surface area contributed by atoms with Gasteiger partial charge in [0.2, 0.25) is 0 Å². The maximum Gasteiger partial charge on any atom is 0.139 e. The van der Waals surface area contributed by atoms with E-state index in [9.17, 15) is 4.79 Å². The van der Waals surface area contributed by atoms with Crippen LogP contribution in [-0.2, 0) is 9.53 Å². The quantitative estimate of drug-likeness (QED) is 0.620. The number of fused-ring (bicyclic) bond motifs is 3. The Kier molecular flexibility index (Phi) is 5.30. The summed E-state index contributed by atoms with van der Waals surface area (Å²) in [4.78, 5) is 12.3. The first-order valence-corrected chi connectivity index (χ1v) is 9.82. The van der Waals surface area contributed by atoms with Gasteiger partial charge in [0.1, 0.15) is 5.78 Å². The number of hydrogen-bond acceptors (Lipinski definition) is 2. The van der Waals surface area contributed by atoms with Gasteiger partial charge in [-0.3, -0.25) is 4.79 Å². The normalized spacial score (nSPS) is 38.0. The highest BCUT2D eigenvalue weighted by molar-refractivity contribution is 5.87. The Morgan fingerprint density at radius 3 is 2.96 bits per heavy atom. The van der Waals surface area contributed by atoms with Crippen molar-refractivity contribution < 1.29 is 9.53 Å². The van der Waals surface area contributed by atoms with Crippen LogP contribution in [0.3, 0.4) is 0 Å². The van der Waals surface area contributed by atoms with Crippen LogP contribution < -0.4 is 0 Å². The maximum atomic E-state index is 12.3. The van der Waals surface area contributed by atoms with Gasteiger partial charge in [0.25, 0.3) is 0 Å². The van der Waals surface area contributed by atoms with E-state index in [1.54, 1.807) is 5.57 Å². The monoisotopic (exact) mass is 318 g/mol. The summed E-state index contributed by atoms with van der Waals surface area (Å²) in [5.41, 5.74) is 1.64. The molecular formula is C21H34O2. The lowest BCUT2D eigenvalue weighted by atomic mass is 9.57. The molecule has 0 aliphatic heterocycles. The molecule has 0 aromatic heterocycles. The Morgan fingerprint density at radius 1 is 1.39 bits per heavy atom. The zero-order chi connectivity index (χ0) is 16.4. The second kappa shape index (κ2) is 7.09. The number of ketones is 1. The molecule has 2 nitrogen and oxygen atoms in total. The molecule has 2 heteroatoms. The number of ether oxygens (including phenoxy) is 1. The van der Waals surface area contributed by atoms with Crippen molar-refractivity contribution in [3.05, 3.63) is 11.6 Å². The predicted octanol–water partition coefficient (Wildman–Crippen LogP) is 5.31. The highest BCUT2D eigenvalue weighted by Gasteiger charge is 2.53. The molecule has 5 atom stereocenters. The zero-order valence-corrected chi connectivity index (χ0v) is 15.3. The van der Waals surface area contributed by atoms with Crippen LogP contribution >= 0.6 is 0 Å². The third-order valence-corrected chi connectivity index (χ3v) is 7.20. The molecule has 0 radical (unpaired) electrons. The van der Waals surface area contributed by atoms with Gasteiger partial charge in [0.15, 0.2) is 0 Å². The summed E-state index contributed by atoms with van der Waals surface area (Å²) in [6, 6.07) is 0. The van der Waals surface area contributed by atoms with E-state index in [4.69, 9.17) is 4.74 Å². The summed E-state index contributed by atoms with van der Waals surface area (Å²) >= 11 is 0. The minimum absolute atomic E-state index is 0.0166. The lowest BCUT2D eigenvalue weighted by Gasteiger charge is -2.47. The summed E-state index contributed by atoms with van der Waals surface area (Å²) in [6.45, 7) is 4.51. The number of Topliss-reactive ketones (excluding diaryl/α,β-unsaturated/α-hetero) is 1. The lowest BCUT2D eigenvalue weighted by molar-refractivity contribution is -0.130. The maximum absolute atomic E-state index is 12.3. The van der Waals surface area contributed by atoms with E-state index in [2.05, 4.69) is 19.9 Å². The predicted molar refractivity (Wildman–Crippen MR) is 94.3 cm³/mol. The fourth-order valence-corrected chi connectivity index (χ4v) is 5.66. The van der Waals surface area contributed by atoms with Crippen LogP contribution in [0.5, 0.6) is 0 Å². The number of allylic oxidation sites excluding steroid dienone is 1. The largest absolute Gasteiger partial charge is 0.381 e. The van der Waals surface area contributed by atoms with E-state index in [1.165, 1.54) is 38.5 Å². The molecule has 0 aromatic rings. The van der Waals surface area contributed by atoms with Crippen molar-refractivity contribution in [2.45, 2.75) is 84.2 Å². The summed E-state index contributed by atoms with van der Waals surface area (Å²) in [6.07, 6.45) is 14.6. The Bertz CT molecular complexity index is 466. The highest BCUT2D eigenvalue weighted by Crippen LogP contribution is 2.57. The second-order valence-electron chi connectivity index (χ2n) is 8.45. The van der Waals surface area contributed by atoms with Crippen LogP contribution in [-0.4, -0.2) is 19.0 Å². The molecule has 0 heterocycles. The summed E-state index contributed by atoms with van der Waals surface area (Å²) < 4.78 is 5.71. The van der Waals surface area contributed by atoms with Crippen LogP contribution in [0.2, 0.25) is 0 Å². The van der Waals surface area contributed by atoms with E-state index in [-0.39, 0.29) is 5.41 Å². The van der Waals surface area contributed by atoms with Gasteiger partial charge in [-0.1, -0.05) is 38.3 Å². The third kappa shape index (κ3) is 3.29. The van der Waals surface area contributed by atoms with Gasteiger partial charge in [-0.2, -0.15) is 0 Å². The van der Waals surface area contributed by atoms with Gasteiger partial charge in [-0.05, 0) is 62.7 Å². The van der Waals surface area contributed by atoms with E-state index in [0.29, 0.717) is 17.8 Å². The van der Waals surface area contributed by atoms with E-state index < -0.39 is 0 Å². The Hall–Kier alpha value is -0.630. The van der Waals surface area contributed by atoms with Gasteiger partial charge < -0.3 is 4.74 Å². The molecule has 2 saturated carbocycles. The van der Waals surface area contributed by atoms with Crippen molar-refractivity contribution in [1.82, 2.24) is 0 Å². The molecule has 3 aliphatic rings. The lowest BCUT2D eigenvalue weighted by Crippen LogP contribution is -2.42. The fraction of sp³-hybridized carbons (Fsp3) is 0.857. The van der Waals surface area contributed by atoms with Crippen molar-refractivity contribution in [3.8, 4) is 0 Å². The zero-order valence-electron chi connectivity index (χ0n) is 15.3. The first kappa shape index (κ1) is 17.2. The summed E-state index contributed by atoms with van der Waals surface area (Å²) in [5.74, 6) is 2.79. The standard InChI is InChI=1S/C21H34O2/c1-4-5-6-17(23-3)14-15-7-8-18-16(13-15)11-12-21(2)19(18)9-10-20(21)22/h7,16-19H,4-6,8-14H2,1-3H3/t16?,17-,18?,19?,21?/m0/s1. The van der Waals surface area contributed by atoms with E-state index in [1.807, 2.05) is 7.11 Å². The van der Waals surface area contributed by atoms with Gasteiger partial charge in [-0.25, -0.2) is 0 Å². The molecule has 0 bridgehead atoms. The van der Waals surface area contributed by atoms with Crippen molar-refractivity contribution in [2.75, 3.05) is 7.11 Å². The third-order valence-electron chi connectivity index (χ3n) is 7.20. The number of carbonyl (C=O) groups excluding carboxylic acids is 1. The molecule has 0 spiro atoms. The van der Waals surface area contributed by atoms with E-state index >= 15 is 0 Å². The van der Waals surface area contributed by atoms with Crippen molar-refractivity contribution in [3.63, 3.8) is 0 Å². The Labute approximate surface area is 142 Å². The number of unbranched alkanes of at least 4 members (excludes halogenated alkanes) is 1. The van der Waals surface area contributed by atoms with Gasteiger partial charge in [0, 0.05) is 18.9 Å². The Morgan fingerprint density at radius 2 is 2.22 bits per heavy atom. The van der Waals surface area contributed by atoms with Crippen LogP contribution in [0.15, 0.2) is 11.6 Å². The molecular weight excluding hydrogens is 284 g/mol. The summed E-state index contributed by atoms with van der Waals surface area (Å²) in [7, 11) is 1.86. The molecule has 3 aliphatic carbocycles. The fourth-order valence-electron chi connectivity index (χ4n) is 5.66. The minimum atomic E-state index is 0.0166. The molecule has 0 saturated heterocycles. The molecule has 130 valence electrons. The van der Waals surface area contributed by atoms with Crippen LogP contribution in [0.25, 0.3) is 0 Å². The molecule has 0 amide bonds. The first-order valence-electron chi connectivity index (χ1n) is 9.82. The Balaban J connectivity index is 1.64. The SMILES string of the molecule is CCCC[C@@H](CC1=CCC2C(CCC3(C)C(=O)CCC23)C1)OC. The first-order chi connectivity index (χ1) is 11.1. The van der Waals surface area contributed by atoms with Gasteiger partial charge >= 0.3 is 0 Å². The van der Waals surface area contributed by atoms with Crippen molar-refractivity contribution >= 4 is 5.78 Å². The molecule has 3 rings (SSSR count). The van der Waals surface area contributed by atoms with Gasteiger partial charge in [-0.15, -0.1) is 0 Å². The highest BCUT2D eigenvalue weighted by atomic mass is 16.5. The number of methoxy groups -OCH3 is 1. The second-order valence-corrected chi connectivity index (χ2v) is 8.45. The molecule has 23 heavy (non-hydrogen) atoms. The van der Waals surface area contributed by atoms with Crippen molar-refractivity contribution in [1.29, 1.82) is 0 Å². The number of hydrogen-bond donors (Lipinski definition) is 0. The average molecular weight is 319 g/mol. The average Bonchev–Trinajstić information content (AvgIpc) is 2.87.